The summed E-state index contributed by atoms with van der Waals surface area (Å²) in [5.41, 5.74) is 6.87. The summed E-state index contributed by atoms with van der Waals surface area (Å²) in [7, 11) is -3.99. The lowest BCUT2D eigenvalue weighted by molar-refractivity contribution is -0.138. The van der Waals surface area contributed by atoms with E-state index < -0.39 is 39.1 Å². The second-order valence-electron chi connectivity index (χ2n) is 7.11. The van der Waals surface area contributed by atoms with Crippen LogP contribution in [0.15, 0.2) is 35.2 Å². The van der Waals surface area contributed by atoms with Gasteiger partial charge in [0.25, 0.3) is 10.0 Å². The first-order valence-electron chi connectivity index (χ1n) is 9.40. The number of nitrogens with zero attached hydrogens (tertiary/aromatic N) is 3. The van der Waals surface area contributed by atoms with Gasteiger partial charge in [-0.2, -0.15) is 0 Å². The third kappa shape index (κ3) is 5.23. The molecule has 0 radical (unpaired) electrons. The predicted molar refractivity (Wildman–Crippen MR) is 118 cm³/mol. The summed E-state index contributed by atoms with van der Waals surface area (Å²) in [5.74, 6) is -2.24. The predicted octanol–water partition coefficient (Wildman–Crippen LogP) is 0.671. The van der Waals surface area contributed by atoms with E-state index in [0.29, 0.717) is 11.4 Å². The number of sulfonamides is 1. The Labute approximate surface area is 188 Å². The molecule has 2 unspecified atom stereocenters. The molecule has 0 spiro atoms. The Morgan fingerprint density at radius 1 is 1.25 bits per heavy atom. The molecular weight excluding hydrogens is 458 g/mol. The summed E-state index contributed by atoms with van der Waals surface area (Å²) in [6, 6.07) is 5.79. The fourth-order valence-electron chi connectivity index (χ4n) is 3.02. The Balaban J connectivity index is 1.74. The molecule has 1 aliphatic heterocycles. The molecule has 2 heterocycles. The quantitative estimate of drug-likeness (QED) is 0.457. The van der Waals surface area contributed by atoms with Gasteiger partial charge in [-0.3, -0.25) is 14.4 Å². The maximum Gasteiger partial charge on any atom is 0.321 e. The normalized spacial score (nSPS) is 17.5. The van der Waals surface area contributed by atoms with Gasteiger partial charge in [0.05, 0.1) is 15.8 Å². The first kappa shape index (κ1) is 23.6. The fourth-order valence-corrected chi connectivity index (χ4v) is 5.06. The Hall–Kier alpha value is -3.03. The number of carbonyl (C=O) groups is 3. The molecule has 13 heteroatoms. The number of benzene rings is 1. The summed E-state index contributed by atoms with van der Waals surface area (Å²) < 4.78 is 27.6. The van der Waals surface area contributed by atoms with Crippen molar-refractivity contribution in [2.75, 3.05) is 15.4 Å². The van der Waals surface area contributed by atoms with E-state index in [2.05, 4.69) is 14.7 Å². The van der Waals surface area contributed by atoms with Crippen LogP contribution in [-0.2, 0) is 24.4 Å². The number of carboxylic acids is 1. The maximum atomic E-state index is 12.6. The number of hydrogen-bond acceptors (Lipinski definition) is 9. The fraction of sp³-hybridized carbons (Fsp3) is 0.316. The number of nitrogens with one attached hydrogen (secondary N) is 1. The van der Waals surface area contributed by atoms with Crippen molar-refractivity contribution in [3.8, 4) is 0 Å². The van der Waals surface area contributed by atoms with E-state index in [1.165, 1.54) is 24.3 Å². The van der Waals surface area contributed by atoms with Crippen LogP contribution in [0.4, 0.5) is 11.6 Å². The highest BCUT2D eigenvalue weighted by molar-refractivity contribution is 8.00. The second-order valence-corrected chi connectivity index (χ2v) is 10.0. The molecule has 1 fully saturated rings. The molecule has 11 nitrogen and oxygen atoms in total. The van der Waals surface area contributed by atoms with Crippen molar-refractivity contribution in [2.45, 2.75) is 36.5 Å². The Morgan fingerprint density at radius 3 is 2.41 bits per heavy atom. The summed E-state index contributed by atoms with van der Waals surface area (Å²) in [4.78, 5) is 44.8. The average Bonchev–Trinajstić information content (AvgIpc) is 2.98. The molecule has 1 saturated heterocycles. The third-order valence-electron chi connectivity index (χ3n) is 4.51. The van der Waals surface area contributed by atoms with Gasteiger partial charge in [0, 0.05) is 23.6 Å². The largest absolute Gasteiger partial charge is 0.480 e. The number of imide groups is 1. The zero-order valence-corrected chi connectivity index (χ0v) is 18.8. The average molecular weight is 480 g/mol. The van der Waals surface area contributed by atoms with Crippen molar-refractivity contribution in [1.29, 1.82) is 0 Å². The highest BCUT2D eigenvalue weighted by Crippen LogP contribution is 2.30. The summed E-state index contributed by atoms with van der Waals surface area (Å²) in [6.07, 6.45) is -0.0957. The van der Waals surface area contributed by atoms with Crippen molar-refractivity contribution in [1.82, 2.24) is 9.97 Å². The molecule has 4 N–H and O–H groups in total. The number of thioether (sulfide) groups is 1. The zero-order valence-electron chi connectivity index (χ0n) is 17.2. The monoisotopic (exact) mass is 479 g/mol. The van der Waals surface area contributed by atoms with Gasteiger partial charge in [-0.15, -0.1) is 11.8 Å². The number of nitrogens with two attached hydrogens (primary N) is 1. The highest BCUT2D eigenvalue weighted by Gasteiger charge is 2.40. The van der Waals surface area contributed by atoms with Crippen LogP contribution in [0.2, 0.25) is 0 Å². The Bertz CT molecular complexity index is 1150. The lowest BCUT2D eigenvalue weighted by Crippen LogP contribution is -2.35. The minimum absolute atomic E-state index is 0.0176. The number of carbonyl (C=O) groups excluding carboxylic acids is 2. The van der Waals surface area contributed by atoms with Crippen molar-refractivity contribution in [2.24, 2.45) is 5.73 Å². The molecule has 1 aromatic carbocycles. The van der Waals surface area contributed by atoms with Crippen LogP contribution in [0.25, 0.3) is 0 Å². The van der Waals surface area contributed by atoms with E-state index in [1.807, 2.05) is 0 Å². The number of aromatic nitrogens is 2. The smallest absolute Gasteiger partial charge is 0.321 e. The Kier molecular flexibility index (Phi) is 6.81. The SMILES string of the molecule is Cc1cc(C)nc(NS(=O)(=O)c2ccc(N3C(=O)CC(SCC(N)C(=O)O)C3=O)cc2)n1. The second kappa shape index (κ2) is 9.22. The molecule has 1 aliphatic rings. The lowest BCUT2D eigenvalue weighted by Gasteiger charge is -2.16. The van der Waals surface area contributed by atoms with Gasteiger partial charge in [-0.05, 0) is 44.2 Å². The standard InChI is InChI=1S/C19H21N5O6S2/c1-10-7-11(2)22-19(21-10)23-32(29,30)13-5-3-12(4-6-13)24-16(25)8-15(17(24)26)31-9-14(20)18(27)28/h3-7,14-15H,8-9,20H2,1-2H3,(H,27,28)(H,21,22,23). The summed E-state index contributed by atoms with van der Waals surface area (Å²) >= 11 is 1.00. The van der Waals surface area contributed by atoms with Gasteiger partial charge in [-0.1, -0.05) is 0 Å². The molecule has 0 aliphatic carbocycles. The van der Waals surface area contributed by atoms with Crippen LogP contribution in [0.1, 0.15) is 17.8 Å². The topological polar surface area (TPSA) is 173 Å². The van der Waals surface area contributed by atoms with Crippen LogP contribution in [0.3, 0.4) is 0 Å². The molecule has 0 bridgehead atoms. The van der Waals surface area contributed by atoms with E-state index >= 15 is 0 Å². The number of aryl methyl sites for hydroxylation is 2. The lowest BCUT2D eigenvalue weighted by atomic mass is 10.3. The number of anilines is 2. The van der Waals surface area contributed by atoms with E-state index in [-0.39, 0.29) is 28.7 Å². The van der Waals surface area contributed by atoms with E-state index in [1.54, 1.807) is 19.9 Å². The molecule has 2 aromatic rings. The minimum Gasteiger partial charge on any atom is -0.480 e. The number of amides is 2. The molecule has 32 heavy (non-hydrogen) atoms. The molecule has 2 atom stereocenters. The zero-order chi connectivity index (χ0) is 23.6. The number of aliphatic carboxylic acids is 1. The number of carboxylic acid groups (broad SMARTS) is 1. The molecular formula is C19H21N5O6S2. The van der Waals surface area contributed by atoms with Crippen molar-refractivity contribution >= 4 is 51.2 Å². The van der Waals surface area contributed by atoms with Gasteiger partial charge in [0.2, 0.25) is 17.8 Å². The number of hydrogen-bond donors (Lipinski definition) is 3. The minimum atomic E-state index is -3.99. The third-order valence-corrected chi connectivity index (χ3v) is 7.18. The first-order valence-corrected chi connectivity index (χ1v) is 11.9. The number of rotatable bonds is 8. The van der Waals surface area contributed by atoms with Crippen molar-refractivity contribution in [3.05, 3.63) is 41.7 Å². The Morgan fingerprint density at radius 2 is 1.84 bits per heavy atom. The van der Waals surface area contributed by atoms with E-state index in [4.69, 9.17) is 10.8 Å². The highest BCUT2D eigenvalue weighted by atomic mass is 32.2. The van der Waals surface area contributed by atoms with Crippen LogP contribution < -0.4 is 15.4 Å². The molecule has 2 amide bonds. The van der Waals surface area contributed by atoms with Gasteiger partial charge >= 0.3 is 5.97 Å². The molecule has 170 valence electrons. The van der Waals surface area contributed by atoms with Crippen LogP contribution in [0, 0.1) is 13.8 Å². The van der Waals surface area contributed by atoms with Crippen LogP contribution in [0.5, 0.6) is 0 Å². The van der Waals surface area contributed by atoms with Crippen LogP contribution >= 0.6 is 11.8 Å². The van der Waals surface area contributed by atoms with Gasteiger partial charge in [0.1, 0.15) is 6.04 Å². The summed E-state index contributed by atoms with van der Waals surface area (Å²) in [6.45, 7) is 3.43. The van der Waals surface area contributed by atoms with Gasteiger partial charge < -0.3 is 10.8 Å². The summed E-state index contributed by atoms with van der Waals surface area (Å²) in [5, 5.41) is 8.10. The molecule has 0 saturated carbocycles. The van der Waals surface area contributed by atoms with E-state index in [0.717, 1.165) is 16.7 Å². The first-order chi connectivity index (χ1) is 15.0. The van der Waals surface area contributed by atoms with Gasteiger partial charge in [-0.25, -0.2) is 28.0 Å². The maximum absolute atomic E-state index is 12.6. The molecule has 1 aromatic heterocycles. The van der Waals surface area contributed by atoms with Crippen molar-refractivity contribution < 1.29 is 27.9 Å². The van der Waals surface area contributed by atoms with Crippen molar-refractivity contribution in [3.63, 3.8) is 0 Å². The van der Waals surface area contributed by atoms with Crippen LogP contribution in [-0.4, -0.2) is 58.3 Å². The molecule has 3 rings (SSSR count). The van der Waals surface area contributed by atoms with E-state index in [9.17, 15) is 22.8 Å². The van der Waals surface area contributed by atoms with Gasteiger partial charge in [0.15, 0.2) is 0 Å².